The van der Waals surface area contributed by atoms with Crippen molar-refractivity contribution in [1.82, 2.24) is 24.9 Å². The van der Waals surface area contributed by atoms with Gasteiger partial charge in [0.2, 0.25) is 0 Å². The summed E-state index contributed by atoms with van der Waals surface area (Å²) in [6, 6.07) is 0.621. The average molecular weight is 293 g/mol. The van der Waals surface area contributed by atoms with Gasteiger partial charge in [-0.1, -0.05) is 13.8 Å². The lowest BCUT2D eigenvalue weighted by molar-refractivity contribution is 0.0875. The van der Waals surface area contributed by atoms with Crippen LogP contribution < -0.4 is 5.32 Å². The van der Waals surface area contributed by atoms with Crippen LogP contribution in [-0.2, 0) is 13.6 Å². The number of nitrogens with one attached hydrogen (secondary N) is 1. The van der Waals surface area contributed by atoms with E-state index in [0.29, 0.717) is 12.0 Å². The molecule has 0 bridgehead atoms. The molecule has 0 amide bonds. The maximum atomic E-state index is 4.40. The van der Waals surface area contributed by atoms with Crippen LogP contribution in [0.15, 0.2) is 6.20 Å². The van der Waals surface area contributed by atoms with Crippen molar-refractivity contribution in [2.75, 3.05) is 39.8 Å². The summed E-state index contributed by atoms with van der Waals surface area (Å²) in [5.74, 6) is 0.677. The number of aromatic nitrogens is 2. The summed E-state index contributed by atoms with van der Waals surface area (Å²) >= 11 is 0. The van der Waals surface area contributed by atoms with Crippen LogP contribution in [0, 0.1) is 12.8 Å². The van der Waals surface area contributed by atoms with Crippen LogP contribution in [0.5, 0.6) is 0 Å². The lowest BCUT2D eigenvalue weighted by Gasteiger charge is -2.40. The van der Waals surface area contributed by atoms with Crippen LogP contribution >= 0.6 is 0 Å². The summed E-state index contributed by atoms with van der Waals surface area (Å²) in [6.07, 6.45) is 2.11. The molecule has 1 saturated heterocycles. The van der Waals surface area contributed by atoms with Gasteiger partial charge in [-0.2, -0.15) is 5.10 Å². The van der Waals surface area contributed by atoms with Crippen LogP contribution in [0.25, 0.3) is 0 Å². The Morgan fingerprint density at radius 2 is 1.86 bits per heavy atom. The predicted molar refractivity (Wildman–Crippen MR) is 87.3 cm³/mol. The first kappa shape index (κ1) is 16.5. The first-order valence-electron chi connectivity index (χ1n) is 8.09. The minimum absolute atomic E-state index is 0.621. The molecule has 21 heavy (non-hydrogen) atoms. The van der Waals surface area contributed by atoms with Gasteiger partial charge in [0.05, 0.1) is 5.69 Å². The zero-order chi connectivity index (χ0) is 15.4. The topological polar surface area (TPSA) is 36.3 Å². The smallest absolute Gasteiger partial charge is 0.0638 e. The number of aryl methyl sites for hydroxylation is 2. The minimum atomic E-state index is 0.621. The lowest BCUT2D eigenvalue weighted by atomic mass is 10.0. The van der Waals surface area contributed by atoms with Crippen LogP contribution in [0.4, 0.5) is 0 Å². The van der Waals surface area contributed by atoms with Crippen molar-refractivity contribution in [3.63, 3.8) is 0 Å². The average Bonchev–Trinajstić information content (AvgIpc) is 2.74. The van der Waals surface area contributed by atoms with Gasteiger partial charge in [0.15, 0.2) is 0 Å². The van der Waals surface area contributed by atoms with E-state index in [0.717, 1.165) is 18.8 Å². The Morgan fingerprint density at radius 3 is 2.38 bits per heavy atom. The van der Waals surface area contributed by atoms with Gasteiger partial charge in [0, 0.05) is 64.1 Å². The third-order valence-electron chi connectivity index (χ3n) is 4.56. The molecule has 1 N–H and O–H groups in total. The Balaban J connectivity index is 1.84. The molecular weight excluding hydrogens is 262 g/mol. The summed E-state index contributed by atoms with van der Waals surface area (Å²) in [5.41, 5.74) is 2.43. The Hall–Kier alpha value is -0.910. The van der Waals surface area contributed by atoms with E-state index in [4.69, 9.17) is 0 Å². The van der Waals surface area contributed by atoms with Gasteiger partial charge in [0.1, 0.15) is 0 Å². The molecule has 0 aliphatic carbocycles. The lowest BCUT2D eigenvalue weighted by Crippen LogP contribution is -2.53. The van der Waals surface area contributed by atoms with Crippen molar-refractivity contribution in [3.8, 4) is 0 Å². The van der Waals surface area contributed by atoms with Crippen LogP contribution in [-0.4, -0.2) is 65.4 Å². The summed E-state index contributed by atoms with van der Waals surface area (Å²) in [4.78, 5) is 5.06. The number of hydrogen-bond acceptors (Lipinski definition) is 4. The third kappa shape index (κ3) is 4.53. The molecule has 0 spiro atoms. The zero-order valence-electron chi connectivity index (χ0n) is 14.3. The van der Waals surface area contributed by atoms with Gasteiger partial charge in [-0.05, 0) is 19.9 Å². The van der Waals surface area contributed by atoms with Crippen LogP contribution in [0.1, 0.15) is 25.1 Å². The maximum Gasteiger partial charge on any atom is 0.0638 e. The summed E-state index contributed by atoms with van der Waals surface area (Å²) in [7, 11) is 4.20. The summed E-state index contributed by atoms with van der Waals surface area (Å²) < 4.78 is 1.90. The van der Waals surface area contributed by atoms with Crippen LogP contribution in [0.2, 0.25) is 0 Å². The molecule has 2 heterocycles. The molecule has 1 atom stereocenters. The standard InChI is InChI=1S/C16H31N5/c1-13(2)16(21-8-6-19(4)7-9-21)11-17-10-15-12-20(5)18-14(15)3/h12-13,16-17H,6-11H2,1-5H3. The first-order chi connectivity index (χ1) is 9.97. The van der Waals surface area contributed by atoms with E-state index in [2.05, 4.69) is 54.2 Å². The van der Waals surface area contributed by atoms with E-state index < -0.39 is 0 Å². The van der Waals surface area contributed by atoms with Gasteiger partial charge in [-0.25, -0.2) is 0 Å². The largest absolute Gasteiger partial charge is 0.311 e. The van der Waals surface area contributed by atoms with E-state index in [9.17, 15) is 0 Å². The van der Waals surface area contributed by atoms with Crippen molar-refractivity contribution in [3.05, 3.63) is 17.5 Å². The van der Waals surface area contributed by atoms with E-state index in [-0.39, 0.29) is 0 Å². The van der Waals surface area contributed by atoms with E-state index in [1.807, 2.05) is 11.7 Å². The highest BCUT2D eigenvalue weighted by atomic mass is 15.3. The molecule has 0 radical (unpaired) electrons. The highest BCUT2D eigenvalue weighted by molar-refractivity contribution is 5.14. The van der Waals surface area contributed by atoms with E-state index in [1.54, 1.807) is 0 Å². The van der Waals surface area contributed by atoms with Gasteiger partial charge in [-0.3, -0.25) is 9.58 Å². The van der Waals surface area contributed by atoms with Crippen molar-refractivity contribution in [2.24, 2.45) is 13.0 Å². The summed E-state index contributed by atoms with van der Waals surface area (Å²) in [6.45, 7) is 13.5. The molecular formula is C16H31N5. The van der Waals surface area contributed by atoms with Gasteiger partial charge >= 0.3 is 0 Å². The number of nitrogens with zero attached hydrogens (tertiary/aromatic N) is 4. The maximum absolute atomic E-state index is 4.40. The van der Waals surface area contributed by atoms with Crippen molar-refractivity contribution >= 4 is 0 Å². The fraction of sp³-hybridized carbons (Fsp3) is 0.812. The van der Waals surface area contributed by atoms with Crippen LogP contribution in [0.3, 0.4) is 0 Å². The SMILES string of the molecule is Cc1nn(C)cc1CNCC(C(C)C)N1CCN(C)CC1. The molecule has 5 nitrogen and oxygen atoms in total. The Kier molecular flexibility index (Phi) is 5.79. The Labute approximate surface area is 129 Å². The van der Waals surface area contributed by atoms with Crippen molar-refractivity contribution in [2.45, 2.75) is 33.4 Å². The molecule has 1 aliphatic rings. The second kappa shape index (κ2) is 7.38. The van der Waals surface area contributed by atoms with E-state index >= 15 is 0 Å². The number of likely N-dealkylation sites (N-methyl/N-ethyl adjacent to an activating group) is 1. The molecule has 1 aromatic heterocycles. The third-order valence-corrected chi connectivity index (χ3v) is 4.56. The number of piperazine rings is 1. The zero-order valence-corrected chi connectivity index (χ0v) is 14.3. The molecule has 120 valence electrons. The first-order valence-corrected chi connectivity index (χ1v) is 8.09. The predicted octanol–water partition coefficient (Wildman–Crippen LogP) is 1.09. The fourth-order valence-electron chi connectivity index (χ4n) is 3.12. The molecule has 5 heteroatoms. The fourth-order valence-corrected chi connectivity index (χ4v) is 3.12. The minimum Gasteiger partial charge on any atom is -0.311 e. The van der Waals surface area contributed by atoms with Crippen molar-refractivity contribution < 1.29 is 0 Å². The molecule has 1 aromatic rings. The summed E-state index contributed by atoms with van der Waals surface area (Å²) in [5, 5.41) is 8.04. The van der Waals surface area contributed by atoms with Gasteiger partial charge in [-0.15, -0.1) is 0 Å². The van der Waals surface area contributed by atoms with Gasteiger partial charge < -0.3 is 10.2 Å². The monoisotopic (exact) mass is 293 g/mol. The van der Waals surface area contributed by atoms with Gasteiger partial charge in [0.25, 0.3) is 0 Å². The normalized spacial score (nSPS) is 19.3. The molecule has 1 aliphatic heterocycles. The molecule has 0 saturated carbocycles. The van der Waals surface area contributed by atoms with Crippen molar-refractivity contribution in [1.29, 1.82) is 0 Å². The highest BCUT2D eigenvalue weighted by Crippen LogP contribution is 2.13. The molecule has 2 rings (SSSR count). The Bertz CT molecular complexity index is 432. The molecule has 0 aromatic carbocycles. The second-order valence-corrected chi connectivity index (χ2v) is 6.69. The molecule has 1 unspecified atom stereocenters. The Morgan fingerprint density at radius 1 is 1.19 bits per heavy atom. The highest BCUT2D eigenvalue weighted by Gasteiger charge is 2.24. The quantitative estimate of drug-likeness (QED) is 0.852. The second-order valence-electron chi connectivity index (χ2n) is 6.69. The number of rotatable bonds is 6. The molecule has 1 fully saturated rings. The number of hydrogen-bond donors (Lipinski definition) is 1. The van der Waals surface area contributed by atoms with E-state index in [1.165, 1.54) is 31.7 Å².